The Morgan fingerprint density at radius 2 is 1.85 bits per heavy atom. The molecule has 0 fully saturated rings. The van der Waals surface area contributed by atoms with Gasteiger partial charge in [-0.05, 0) is 24.3 Å². The topological polar surface area (TPSA) is 76.1 Å². The molecule has 2 aromatic rings. The molecule has 106 valence electrons. The number of nitrogen functional groups attached to an aromatic ring is 1. The van der Waals surface area contributed by atoms with Crippen molar-refractivity contribution in [2.24, 2.45) is 0 Å². The van der Waals surface area contributed by atoms with E-state index in [1.165, 1.54) is 12.1 Å². The Morgan fingerprint density at radius 3 is 2.50 bits per heavy atom. The normalized spacial score (nSPS) is 11.4. The van der Waals surface area contributed by atoms with Crippen LogP contribution < -0.4 is 15.0 Å². The van der Waals surface area contributed by atoms with Crippen LogP contribution in [0.5, 0.6) is 0 Å². The van der Waals surface area contributed by atoms with E-state index in [-0.39, 0.29) is 4.90 Å². The molecule has 0 spiro atoms. The molecule has 0 aliphatic heterocycles. The van der Waals surface area contributed by atoms with Gasteiger partial charge in [-0.25, -0.2) is 17.7 Å². The van der Waals surface area contributed by atoms with E-state index in [9.17, 15) is 8.42 Å². The van der Waals surface area contributed by atoms with Crippen LogP contribution >= 0.6 is 0 Å². The van der Waals surface area contributed by atoms with Crippen molar-refractivity contribution in [3.05, 3.63) is 54.4 Å². The highest BCUT2D eigenvalue weighted by Gasteiger charge is 2.14. The Kier molecular flexibility index (Phi) is 4.36. The van der Waals surface area contributed by atoms with Crippen molar-refractivity contribution in [3.63, 3.8) is 0 Å². The van der Waals surface area contributed by atoms with E-state index in [2.05, 4.69) is 4.72 Å². The number of rotatable bonds is 5. The summed E-state index contributed by atoms with van der Waals surface area (Å²) in [7, 11) is -3.48. The lowest BCUT2D eigenvalue weighted by atomic mass is 10.3. The van der Waals surface area contributed by atoms with Crippen molar-refractivity contribution in [1.82, 2.24) is 4.72 Å². The van der Waals surface area contributed by atoms with Gasteiger partial charge < -0.3 is 5.73 Å². The molecule has 3 N–H and O–H groups in total. The van der Waals surface area contributed by atoms with E-state index in [4.69, 9.17) is 5.73 Å². The average molecular weight is 292 g/mol. The largest absolute Gasteiger partial charge is 0.399 e. The van der Waals surface area contributed by atoms with Crippen molar-refractivity contribution in [2.45, 2.75) is 18.4 Å². The zero-order chi connectivity index (χ0) is 14.6. The van der Waals surface area contributed by atoms with Gasteiger partial charge in [-0.3, -0.25) is 0 Å². The van der Waals surface area contributed by atoms with Gasteiger partial charge in [0.05, 0.1) is 11.4 Å². The number of nitrogens with two attached hydrogens (primary N) is 1. The van der Waals surface area contributed by atoms with Crippen LogP contribution in [-0.2, 0) is 16.6 Å². The highest BCUT2D eigenvalue weighted by atomic mass is 32.2. The van der Waals surface area contributed by atoms with E-state index >= 15 is 0 Å². The monoisotopic (exact) mass is 292 g/mol. The van der Waals surface area contributed by atoms with Gasteiger partial charge in [-0.1, -0.05) is 6.07 Å². The highest BCUT2D eigenvalue weighted by molar-refractivity contribution is 7.89. The Hall–Kier alpha value is -1.92. The maximum Gasteiger partial charge on any atom is 0.240 e. The van der Waals surface area contributed by atoms with Gasteiger partial charge in [0, 0.05) is 24.7 Å². The van der Waals surface area contributed by atoms with Gasteiger partial charge in [0.1, 0.15) is 0 Å². The lowest BCUT2D eigenvalue weighted by molar-refractivity contribution is -0.700. The Bertz CT molecular complexity index is 682. The van der Waals surface area contributed by atoms with E-state index in [0.717, 1.165) is 5.69 Å². The summed E-state index contributed by atoms with van der Waals surface area (Å²) in [5, 5.41) is 0. The van der Waals surface area contributed by atoms with Crippen LogP contribution in [0.1, 0.15) is 5.69 Å². The number of pyridine rings is 1. The molecule has 1 heterocycles. The molecule has 6 heteroatoms. The fraction of sp³-hybridized carbons (Fsp3) is 0.214. The van der Waals surface area contributed by atoms with Gasteiger partial charge in [0.15, 0.2) is 18.4 Å². The van der Waals surface area contributed by atoms with E-state index < -0.39 is 10.0 Å². The molecule has 20 heavy (non-hydrogen) atoms. The minimum atomic E-state index is -3.48. The standard InChI is InChI=1S/C14H18N3O2S/c1-12-4-2-3-10-17(12)11-9-16-20(18,19)14-7-5-13(15)6-8-14/h2-8,10,16H,9,11,15H2,1H3/q+1. The number of benzene rings is 1. The number of nitrogens with one attached hydrogen (secondary N) is 1. The van der Waals surface area contributed by atoms with Crippen LogP contribution in [0.15, 0.2) is 53.6 Å². The lowest BCUT2D eigenvalue weighted by Crippen LogP contribution is -2.42. The molecule has 2 rings (SSSR count). The summed E-state index contributed by atoms with van der Waals surface area (Å²) in [6.07, 6.45) is 1.92. The second kappa shape index (κ2) is 6.02. The summed E-state index contributed by atoms with van der Waals surface area (Å²) < 4.78 is 28.7. The van der Waals surface area contributed by atoms with Crippen LogP contribution in [0, 0.1) is 6.92 Å². The van der Waals surface area contributed by atoms with Crippen LogP contribution in [0.2, 0.25) is 0 Å². The zero-order valence-electron chi connectivity index (χ0n) is 11.3. The minimum absolute atomic E-state index is 0.224. The molecule has 5 nitrogen and oxygen atoms in total. The van der Waals surface area contributed by atoms with E-state index in [1.54, 1.807) is 12.1 Å². The quantitative estimate of drug-likeness (QED) is 0.633. The van der Waals surface area contributed by atoms with Crippen molar-refractivity contribution in [2.75, 3.05) is 12.3 Å². The number of sulfonamides is 1. The number of aromatic nitrogens is 1. The number of nitrogens with zero attached hydrogens (tertiary/aromatic N) is 1. The zero-order valence-corrected chi connectivity index (χ0v) is 12.1. The third-order valence-electron chi connectivity index (χ3n) is 3.00. The molecule has 0 bridgehead atoms. The van der Waals surface area contributed by atoms with Crippen molar-refractivity contribution in [1.29, 1.82) is 0 Å². The van der Waals surface area contributed by atoms with Crippen LogP contribution in [0.25, 0.3) is 0 Å². The molecular weight excluding hydrogens is 274 g/mol. The van der Waals surface area contributed by atoms with Gasteiger partial charge in [0.25, 0.3) is 0 Å². The molecule has 0 saturated heterocycles. The van der Waals surface area contributed by atoms with Gasteiger partial charge in [-0.2, -0.15) is 0 Å². The maximum atomic E-state index is 12.1. The summed E-state index contributed by atoms with van der Waals surface area (Å²) in [5.41, 5.74) is 7.17. The van der Waals surface area contributed by atoms with Crippen molar-refractivity contribution < 1.29 is 13.0 Å². The number of aryl methyl sites for hydroxylation is 1. The summed E-state index contributed by atoms with van der Waals surface area (Å²) in [6, 6.07) is 12.0. The summed E-state index contributed by atoms with van der Waals surface area (Å²) in [5.74, 6) is 0. The first kappa shape index (κ1) is 14.5. The van der Waals surface area contributed by atoms with Gasteiger partial charge in [-0.15, -0.1) is 0 Å². The summed E-state index contributed by atoms with van der Waals surface area (Å²) >= 11 is 0. The molecule has 0 aliphatic carbocycles. The third kappa shape index (κ3) is 3.55. The predicted octanol–water partition coefficient (Wildman–Crippen LogP) is 0.843. The van der Waals surface area contributed by atoms with E-state index in [0.29, 0.717) is 18.8 Å². The van der Waals surface area contributed by atoms with Crippen molar-refractivity contribution >= 4 is 15.7 Å². The molecule has 0 radical (unpaired) electrons. The smallest absolute Gasteiger partial charge is 0.240 e. The highest BCUT2D eigenvalue weighted by Crippen LogP contribution is 2.10. The molecule has 0 saturated carbocycles. The molecule has 0 atom stereocenters. The van der Waals surface area contributed by atoms with Crippen LogP contribution in [-0.4, -0.2) is 15.0 Å². The third-order valence-corrected chi connectivity index (χ3v) is 4.48. The molecule has 0 unspecified atom stereocenters. The van der Waals surface area contributed by atoms with Crippen molar-refractivity contribution in [3.8, 4) is 0 Å². The number of hydrogen-bond donors (Lipinski definition) is 2. The van der Waals surface area contributed by atoms with Gasteiger partial charge in [0.2, 0.25) is 10.0 Å². The fourth-order valence-electron chi connectivity index (χ4n) is 1.84. The maximum absolute atomic E-state index is 12.1. The Labute approximate surface area is 119 Å². The van der Waals surface area contributed by atoms with E-state index in [1.807, 2.05) is 35.9 Å². The molecular formula is C14H18N3O2S+. The first-order valence-corrected chi connectivity index (χ1v) is 7.78. The molecule has 1 aromatic carbocycles. The predicted molar refractivity (Wildman–Crippen MR) is 77.4 cm³/mol. The second-order valence-electron chi connectivity index (χ2n) is 4.50. The molecule has 0 amide bonds. The number of hydrogen-bond acceptors (Lipinski definition) is 3. The lowest BCUT2D eigenvalue weighted by Gasteiger charge is -2.06. The summed E-state index contributed by atoms with van der Waals surface area (Å²) in [6.45, 7) is 2.90. The number of anilines is 1. The van der Waals surface area contributed by atoms with Gasteiger partial charge >= 0.3 is 0 Å². The fourth-order valence-corrected chi connectivity index (χ4v) is 2.86. The second-order valence-corrected chi connectivity index (χ2v) is 6.27. The Morgan fingerprint density at radius 1 is 1.15 bits per heavy atom. The first-order chi connectivity index (χ1) is 9.49. The van der Waals surface area contributed by atoms with Crippen LogP contribution in [0.4, 0.5) is 5.69 Å². The SMILES string of the molecule is Cc1cccc[n+]1CCNS(=O)(=O)c1ccc(N)cc1. The van der Waals surface area contributed by atoms with Crippen LogP contribution in [0.3, 0.4) is 0 Å². The minimum Gasteiger partial charge on any atom is -0.399 e. The average Bonchev–Trinajstić information content (AvgIpc) is 2.41. The molecule has 0 aliphatic rings. The Balaban J connectivity index is 2.00. The first-order valence-electron chi connectivity index (χ1n) is 6.29. The summed E-state index contributed by atoms with van der Waals surface area (Å²) in [4.78, 5) is 0.224. The molecule has 1 aromatic heterocycles.